The molecule has 0 radical (unpaired) electrons. The molecule has 0 aliphatic heterocycles. The highest BCUT2D eigenvalue weighted by atomic mass is 16.5. The second-order valence-electron chi connectivity index (χ2n) is 6.97. The molecule has 2 rings (SSSR count). The molecule has 2 aromatic rings. The number of esters is 1. The Hall–Kier alpha value is -2.17. The van der Waals surface area contributed by atoms with Crippen molar-refractivity contribution in [2.45, 2.75) is 39.3 Å². The zero-order valence-electron chi connectivity index (χ0n) is 14.7. The summed E-state index contributed by atoms with van der Waals surface area (Å²) in [6, 6.07) is 14.2. The van der Waals surface area contributed by atoms with E-state index in [2.05, 4.69) is 5.32 Å². The molecule has 1 unspecified atom stereocenters. The lowest BCUT2D eigenvalue weighted by Crippen LogP contribution is -2.38. The van der Waals surface area contributed by atoms with E-state index in [-0.39, 0.29) is 5.54 Å². The van der Waals surface area contributed by atoms with E-state index in [0.717, 1.165) is 11.1 Å². The summed E-state index contributed by atoms with van der Waals surface area (Å²) >= 11 is 0. The van der Waals surface area contributed by atoms with Gasteiger partial charge in [-0.3, -0.25) is 0 Å². The molecule has 0 spiro atoms. The van der Waals surface area contributed by atoms with Crippen molar-refractivity contribution in [2.24, 2.45) is 0 Å². The quantitative estimate of drug-likeness (QED) is 0.650. The lowest BCUT2D eigenvalue weighted by Gasteiger charge is -2.23. The average Bonchev–Trinajstić information content (AvgIpc) is 2.53. The van der Waals surface area contributed by atoms with Crippen LogP contribution in [0.2, 0.25) is 0 Å². The number of β-amino-alcohol motifs (C(OH)–C–C–N with tert-alkyl or cyclic N) is 1. The van der Waals surface area contributed by atoms with Gasteiger partial charge < -0.3 is 15.2 Å². The van der Waals surface area contributed by atoms with Gasteiger partial charge in [0.1, 0.15) is 5.75 Å². The minimum absolute atomic E-state index is 0.0511. The summed E-state index contributed by atoms with van der Waals surface area (Å²) in [4.78, 5) is 12.1. The molecule has 0 bridgehead atoms. The van der Waals surface area contributed by atoms with Gasteiger partial charge in [0, 0.05) is 12.1 Å². The van der Waals surface area contributed by atoms with Gasteiger partial charge in [-0.05, 0) is 57.5 Å². The monoisotopic (exact) mass is 327 g/mol. The minimum atomic E-state index is -0.605. The molecular weight excluding hydrogens is 302 g/mol. The van der Waals surface area contributed by atoms with Crippen LogP contribution >= 0.6 is 0 Å². The Balaban J connectivity index is 1.96. The van der Waals surface area contributed by atoms with Gasteiger partial charge in [-0.25, -0.2) is 4.79 Å². The Labute approximate surface area is 143 Å². The Morgan fingerprint density at radius 1 is 1.08 bits per heavy atom. The van der Waals surface area contributed by atoms with Crippen molar-refractivity contribution >= 4 is 5.97 Å². The minimum Gasteiger partial charge on any atom is -0.423 e. The lowest BCUT2D eigenvalue weighted by molar-refractivity contribution is 0.0734. The van der Waals surface area contributed by atoms with E-state index >= 15 is 0 Å². The van der Waals surface area contributed by atoms with Gasteiger partial charge in [-0.15, -0.1) is 0 Å². The zero-order chi connectivity index (χ0) is 17.7. The molecule has 0 aliphatic rings. The Morgan fingerprint density at radius 3 is 2.21 bits per heavy atom. The number of carbonyl (C=O) groups excluding carboxylic acids is 1. The van der Waals surface area contributed by atoms with Crippen LogP contribution in [0.5, 0.6) is 5.75 Å². The predicted octanol–water partition coefficient (Wildman–Crippen LogP) is 3.64. The van der Waals surface area contributed by atoms with Crippen LogP contribution in [0.25, 0.3) is 0 Å². The predicted molar refractivity (Wildman–Crippen MR) is 95.3 cm³/mol. The number of hydrogen-bond donors (Lipinski definition) is 2. The van der Waals surface area contributed by atoms with E-state index in [9.17, 15) is 9.90 Å². The molecule has 2 aromatic carbocycles. The SMILES string of the molecule is Cc1ccc(C(=O)Oc2ccc(C(O)CNC(C)(C)C)cc2)cc1. The smallest absolute Gasteiger partial charge is 0.343 e. The molecule has 24 heavy (non-hydrogen) atoms. The third-order valence-electron chi connectivity index (χ3n) is 3.59. The summed E-state index contributed by atoms with van der Waals surface area (Å²) < 4.78 is 5.35. The van der Waals surface area contributed by atoms with E-state index in [1.165, 1.54) is 0 Å². The largest absolute Gasteiger partial charge is 0.423 e. The number of nitrogens with one attached hydrogen (secondary N) is 1. The number of hydrogen-bond acceptors (Lipinski definition) is 4. The van der Waals surface area contributed by atoms with E-state index in [1.54, 1.807) is 36.4 Å². The zero-order valence-corrected chi connectivity index (χ0v) is 14.7. The standard InChI is InChI=1S/C20H25NO3/c1-14-5-7-16(8-6-14)19(23)24-17-11-9-15(10-12-17)18(22)13-21-20(2,3)4/h5-12,18,21-22H,13H2,1-4H3. The average molecular weight is 327 g/mol. The summed E-state index contributed by atoms with van der Waals surface area (Å²) in [5, 5.41) is 13.4. The Morgan fingerprint density at radius 2 is 1.67 bits per heavy atom. The number of aryl methyl sites for hydroxylation is 1. The summed E-state index contributed by atoms with van der Waals surface area (Å²) in [7, 11) is 0. The van der Waals surface area contributed by atoms with E-state index in [0.29, 0.717) is 17.9 Å². The molecule has 0 aliphatic carbocycles. The third-order valence-corrected chi connectivity index (χ3v) is 3.59. The first-order valence-electron chi connectivity index (χ1n) is 8.06. The van der Waals surface area contributed by atoms with Crippen molar-refractivity contribution in [3.8, 4) is 5.75 Å². The van der Waals surface area contributed by atoms with Crippen LogP contribution in [0.15, 0.2) is 48.5 Å². The maximum Gasteiger partial charge on any atom is 0.343 e. The fourth-order valence-corrected chi connectivity index (χ4v) is 2.13. The van der Waals surface area contributed by atoms with Crippen molar-refractivity contribution < 1.29 is 14.6 Å². The van der Waals surface area contributed by atoms with Crippen molar-refractivity contribution in [3.05, 3.63) is 65.2 Å². The molecule has 0 saturated carbocycles. The van der Waals surface area contributed by atoms with Crippen molar-refractivity contribution in [1.29, 1.82) is 0 Å². The number of carbonyl (C=O) groups is 1. The first-order chi connectivity index (χ1) is 11.2. The van der Waals surface area contributed by atoms with Gasteiger partial charge in [0.05, 0.1) is 11.7 Å². The highest BCUT2D eigenvalue weighted by molar-refractivity contribution is 5.91. The molecule has 0 aromatic heterocycles. The van der Waals surface area contributed by atoms with Gasteiger partial charge in [0.25, 0.3) is 0 Å². The van der Waals surface area contributed by atoms with E-state index in [4.69, 9.17) is 4.74 Å². The molecule has 0 fully saturated rings. The maximum absolute atomic E-state index is 12.1. The lowest BCUT2D eigenvalue weighted by atomic mass is 10.1. The van der Waals surface area contributed by atoms with E-state index < -0.39 is 12.1 Å². The van der Waals surface area contributed by atoms with Gasteiger partial charge in [-0.2, -0.15) is 0 Å². The molecule has 4 nitrogen and oxygen atoms in total. The number of ether oxygens (including phenoxy) is 1. The summed E-state index contributed by atoms with van der Waals surface area (Å²) in [6.45, 7) is 8.58. The topological polar surface area (TPSA) is 58.6 Å². The molecule has 1 atom stereocenters. The maximum atomic E-state index is 12.1. The van der Waals surface area contributed by atoms with Gasteiger partial charge in [0.2, 0.25) is 0 Å². The van der Waals surface area contributed by atoms with Gasteiger partial charge in [-0.1, -0.05) is 29.8 Å². The number of aliphatic hydroxyl groups is 1. The van der Waals surface area contributed by atoms with Gasteiger partial charge >= 0.3 is 5.97 Å². The summed E-state index contributed by atoms with van der Waals surface area (Å²) in [5.74, 6) is 0.0676. The fraction of sp³-hybridized carbons (Fsp3) is 0.350. The number of aliphatic hydroxyl groups excluding tert-OH is 1. The summed E-state index contributed by atoms with van der Waals surface area (Å²) in [5.41, 5.74) is 2.33. The van der Waals surface area contributed by atoms with Crippen LogP contribution in [0, 0.1) is 6.92 Å². The molecule has 4 heteroatoms. The van der Waals surface area contributed by atoms with Crippen molar-refractivity contribution in [3.63, 3.8) is 0 Å². The first-order valence-corrected chi connectivity index (χ1v) is 8.06. The van der Waals surface area contributed by atoms with E-state index in [1.807, 2.05) is 39.8 Å². The molecule has 128 valence electrons. The first kappa shape index (κ1) is 18.2. The normalized spacial score (nSPS) is 12.7. The van der Waals surface area contributed by atoms with Crippen LogP contribution in [0.3, 0.4) is 0 Å². The molecule has 0 heterocycles. The molecular formula is C20H25NO3. The molecule has 2 N–H and O–H groups in total. The van der Waals surface area contributed by atoms with Crippen LogP contribution in [-0.2, 0) is 0 Å². The molecule has 0 amide bonds. The van der Waals surface area contributed by atoms with Crippen LogP contribution < -0.4 is 10.1 Å². The molecule has 0 saturated heterocycles. The second kappa shape index (κ2) is 7.60. The third kappa shape index (κ3) is 5.48. The Bertz CT molecular complexity index is 670. The number of rotatable bonds is 5. The van der Waals surface area contributed by atoms with Crippen molar-refractivity contribution in [1.82, 2.24) is 5.32 Å². The highest BCUT2D eigenvalue weighted by Gasteiger charge is 2.14. The van der Waals surface area contributed by atoms with Crippen molar-refractivity contribution in [2.75, 3.05) is 6.54 Å². The van der Waals surface area contributed by atoms with Gasteiger partial charge in [0.15, 0.2) is 0 Å². The second-order valence-corrected chi connectivity index (χ2v) is 6.97. The van der Waals surface area contributed by atoms with Crippen LogP contribution in [-0.4, -0.2) is 23.2 Å². The number of benzene rings is 2. The highest BCUT2D eigenvalue weighted by Crippen LogP contribution is 2.19. The van der Waals surface area contributed by atoms with Crippen LogP contribution in [0.4, 0.5) is 0 Å². The fourth-order valence-electron chi connectivity index (χ4n) is 2.13. The Kier molecular flexibility index (Phi) is 5.75. The summed E-state index contributed by atoms with van der Waals surface area (Å²) in [6.07, 6.45) is -0.605. The van der Waals surface area contributed by atoms with Crippen LogP contribution in [0.1, 0.15) is 48.4 Å².